The number of aliphatic hydroxyl groups is 1. The van der Waals surface area contributed by atoms with Crippen LogP contribution < -0.4 is 0 Å². The summed E-state index contributed by atoms with van der Waals surface area (Å²) >= 11 is 0. The summed E-state index contributed by atoms with van der Waals surface area (Å²) in [6.45, 7) is 0.308. The zero-order valence-corrected chi connectivity index (χ0v) is 17.8. The zero-order valence-electron chi connectivity index (χ0n) is 17.8. The number of amides is 1. The van der Waals surface area contributed by atoms with E-state index in [1.807, 2.05) is 36.4 Å². The molecule has 7 heteroatoms. The van der Waals surface area contributed by atoms with Crippen molar-refractivity contribution in [1.29, 1.82) is 0 Å². The Kier molecular flexibility index (Phi) is 6.37. The minimum Gasteiger partial charge on any atom is -0.481 e. The highest BCUT2D eigenvalue weighted by atomic mass is 16.4. The lowest BCUT2D eigenvalue weighted by Crippen LogP contribution is -2.57. The van der Waals surface area contributed by atoms with Crippen LogP contribution in [0.15, 0.2) is 73.1 Å². The fourth-order valence-corrected chi connectivity index (χ4v) is 4.45. The Morgan fingerprint density at radius 1 is 1.09 bits per heavy atom. The maximum absolute atomic E-state index is 13.3. The summed E-state index contributed by atoms with van der Waals surface area (Å²) in [5, 5.41) is 25.0. The highest BCUT2D eigenvalue weighted by Crippen LogP contribution is 2.36. The van der Waals surface area contributed by atoms with Crippen LogP contribution in [0.2, 0.25) is 0 Å². The van der Waals surface area contributed by atoms with Gasteiger partial charge >= 0.3 is 5.97 Å². The van der Waals surface area contributed by atoms with Crippen LogP contribution in [0.25, 0.3) is 5.69 Å². The predicted octanol–water partition coefficient (Wildman–Crippen LogP) is 3.17. The topological polar surface area (TPSA) is 95.7 Å². The first-order chi connectivity index (χ1) is 15.5. The van der Waals surface area contributed by atoms with Crippen molar-refractivity contribution >= 4 is 11.9 Å². The van der Waals surface area contributed by atoms with Crippen LogP contribution in [0.3, 0.4) is 0 Å². The molecular formula is C25H27N3O4. The summed E-state index contributed by atoms with van der Waals surface area (Å²) in [5.74, 6) is -1.29. The SMILES string of the molecule is O=C(c1cccc(-n2cccn2)c1)N1CC[C@H](O)[C@](CCCc2ccccc2)(C(=O)O)C1. The molecule has 3 aromatic rings. The van der Waals surface area contributed by atoms with Gasteiger partial charge < -0.3 is 15.1 Å². The molecule has 0 saturated carbocycles. The van der Waals surface area contributed by atoms with E-state index in [-0.39, 0.29) is 18.9 Å². The third kappa shape index (κ3) is 4.43. The molecule has 1 aromatic heterocycles. The second-order valence-electron chi connectivity index (χ2n) is 8.33. The van der Waals surface area contributed by atoms with Crippen LogP contribution in [0.5, 0.6) is 0 Å². The first kappa shape index (κ1) is 21.8. The average molecular weight is 434 g/mol. The molecule has 2 atom stereocenters. The van der Waals surface area contributed by atoms with Gasteiger partial charge in [-0.2, -0.15) is 5.10 Å². The van der Waals surface area contributed by atoms with Gasteiger partial charge in [0.1, 0.15) is 5.41 Å². The Labute approximate surface area is 186 Å². The number of rotatable bonds is 7. The molecule has 166 valence electrons. The quantitative estimate of drug-likeness (QED) is 0.597. The van der Waals surface area contributed by atoms with E-state index in [0.717, 1.165) is 17.7 Å². The molecule has 0 aliphatic carbocycles. The molecule has 0 bridgehead atoms. The maximum atomic E-state index is 13.3. The van der Waals surface area contributed by atoms with E-state index in [1.165, 1.54) is 0 Å². The summed E-state index contributed by atoms with van der Waals surface area (Å²) in [6.07, 6.45) is 4.35. The number of carbonyl (C=O) groups is 2. The number of aryl methyl sites for hydroxylation is 1. The van der Waals surface area contributed by atoms with Gasteiger partial charge in [0.05, 0.1) is 11.8 Å². The monoisotopic (exact) mass is 433 g/mol. The number of carboxylic acids is 1. The standard InChI is InChI=1S/C25H27N3O4/c29-22-12-16-27(23(30)20-10-4-11-21(17-20)28-15-6-14-26-28)18-25(22,24(31)32)13-5-9-19-7-2-1-3-8-19/h1-4,6-8,10-11,14-15,17,22,29H,5,9,12-13,16,18H2,(H,31,32)/t22-,25+/m0/s1. The summed E-state index contributed by atoms with van der Waals surface area (Å²) in [5.41, 5.74) is 0.979. The Morgan fingerprint density at radius 3 is 2.62 bits per heavy atom. The lowest BCUT2D eigenvalue weighted by molar-refractivity contribution is -0.162. The number of aromatic nitrogens is 2. The van der Waals surface area contributed by atoms with E-state index in [4.69, 9.17) is 0 Å². The van der Waals surface area contributed by atoms with E-state index in [1.54, 1.807) is 46.2 Å². The molecule has 1 saturated heterocycles. The van der Waals surface area contributed by atoms with Crippen molar-refractivity contribution in [3.05, 3.63) is 84.2 Å². The molecular weight excluding hydrogens is 406 g/mol. The molecule has 1 amide bonds. The Hall–Kier alpha value is -3.45. The van der Waals surface area contributed by atoms with E-state index in [0.29, 0.717) is 24.9 Å². The molecule has 4 rings (SSSR count). The van der Waals surface area contributed by atoms with Crippen LogP contribution in [0.4, 0.5) is 0 Å². The average Bonchev–Trinajstić information content (AvgIpc) is 3.36. The van der Waals surface area contributed by atoms with E-state index >= 15 is 0 Å². The van der Waals surface area contributed by atoms with Crippen LogP contribution in [0.1, 0.15) is 35.2 Å². The van der Waals surface area contributed by atoms with Crippen molar-refractivity contribution in [1.82, 2.24) is 14.7 Å². The fraction of sp³-hybridized carbons (Fsp3) is 0.320. The molecule has 0 spiro atoms. The number of carbonyl (C=O) groups excluding carboxylic acids is 1. The van der Waals surface area contributed by atoms with Gasteiger partial charge in [-0.3, -0.25) is 9.59 Å². The summed E-state index contributed by atoms with van der Waals surface area (Å²) in [7, 11) is 0. The number of carboxylic acid groups (broad SMARTS) is 1. The van der Waals surface area contributed by atoms with Crippen molar-refractivity contribution in [3.63, 3.8) is 0 Å². The van der Waals surface area contributed by atoms with Gasteiger partial charge in [0.2, 0.25) is 0 Å². The van der Waals surface area contributed by atoms with Crippen molar-refractivity contribution < 1.29 is 19.8 Å². The van der Waals surface area contributed by atoms with Crippen LogP contribution in [-0.4, -0.2) is 56.0 Å². The normalized spacial score (nSPS) is 20.8. The number of benzene rings is 2. The second kappa shape index (κ2) is 9.36. The number of hydrogen-bond acceptors (Lipinski definition) is 4. The Morgan fingerprint density at radius 2 is 1.91 bits per heavy atom. The summed E-state index contributed by atoms with van der Waals surface area (Å²) < 4.78 is 1.67. The second-order valence-corrected chi connectivity index (χ2v) is 8.33. The summed E-state index contributed by atoms with van der Waals surface area (Å²) in [4.78, 5) is 27.2. The minimum absolute atomic E-state index is 0.0108. The maximum Gasteiger partial charge on any atom is 0.314 e. The highest BCUT2D eigenvalue weighted by Gasteiger charge is 2.49. The molecule has 32 heavy (non-hydrogen) atoms. The van der Waals surface area contributed by atoms with E-state index in [2.05, 4.69) is 5.10 Å². The number of aliphatic hydroxyl groups excluding tert-OH is 1. The lowest BCUT2D eigenvalue weighted by atomic mass is 9.73. The van der Waals surface area contributed by atoms with E-state index in [9.17, 15) is 19.8 Å². The Bertz CT molecular complexity index is 1070. The predicted molar refractivity (Wildman–Crippen MR) is 120 cm³/mol. The van der Waals surface area contributed by atoms with Gasteiger partial charge in [-0.1, -0.05) is 36.4 Å². The van der Waals surface area contributed by atoms with Crippen molar-refractivity contribution in [2.45, 2.75) is 31.8 Å². The molecule has 1 aliphatic heterocycles. The fourth-order valence-electron chi connectivity index (χ4n) is 4.45. The molecule has 0 radical (unpaired) electrons. The van der Waals surface area contributed by atoms with Crippen molar-refractivity contribution in [3.8, 4) is 5.69 Å². The molecule has 2 heterocycles. The van der Waals surface area contributed by atoms with Crippen LogP contribution in [-0.2, 0) is 11.2 Å². The molecule has 2 aromatic carbocycles. The van der Waals surface area contributed by atoms with Gasteiger partial charge in [0.25, 0.3) is 5.91 Å². The Balaban J connectivity index is 1.51. The number of nitrogens with zero attached hydrogens (tertiary/aromatic N) is 3. The number of aliphatic carboxylic acids is 1. The van der Waals surface area contributed by atoms with Crippen molar-refractivity contribution in [2.75, 3.05) is 13.1 Å². The lowest BCUT2D eigenvalue weighted by Gasteiger charge is -2.43. The molecule has 1 fully saturated rings. The summed E-state index contributed by atoms with van der Waals surface area (Å²) in [6, 6.07) is 18.8. The highest BCUT2D eigenvalue weighted by molar-refractivity contribution is 5.95. The first-order valence-electron chi connectivity index (χ1n) is 10.8. The van der Waals surface area contributed by atoms with Crippen LogP contribution in [0, 0.1) is 5.41 Å². The molecule has 7 nitrogen and oxygen atoms in total. The van der Waals surface area contributed by atoms with E-state index < -0.39 is 17.5 Å². The van der Waals surface area contributed by atoms with Gasteiger partial charge in [-0.05, 0) is 55.5 Å². The third-order valence-electron chi connectivity index (χ3n) is 6.29. The van der Waals surface area contributed by atoms with Gasteiger partial charge in [0.15, 0.2) is 0 Å². The third-order valence-corrected chi connectivity index (χ3v) is 6.29. The zero-order chi connectivity index (χ0) is 22.6. The minimum atomic E-state index is -1.37. The molecule has 2 N–H and O–H groups in total. The number of piperidine rings is 1. The van der Waals surface area contributed by atoms with Gasteiger partial charge in [-0.15, -0.1) is 0 Å². The molecule has 1 aliphatic rings. The largest absolute Gasteiger partial charge is 0.481 e. The molecule has 0 unspecified atom stereocenters. The first-order valence-corrected chi connectivity index (χ1v) is 10.8. The van der Waals surface area contributed by atoms with Gasteiger partial charge in [-0.25, -0.2) is 4.68 Å². The van der Waals surface area contributed by atoms with Crippen molar-refractivity contribution in [2.24, 2.45) is 5.41 Å². The number of hydrogen-bond donors (Lipinski definition) is 2. The van der Waals surface area contributed by atoms with Gasteiger partial charge in [0, 0.05) is 31.0 Å². The number of likely N-dealkylation sites (tertiary alicyclic amines) is 1. The smallest absolute Gasteiger partial charge is 0.314 e. The van der Waals surface area contributed by atoms with Crippen LogP contribution >= 0.6 is 0 Å².